The van der Waals surface area contributed by atoms with Crippen molar-refractivity contribution in [2.45, 2.75) is 12.8 Å². The molecule has 17 heavy (non-hydrogen) atoms. The van der Waals surface area contributed by atoms with E-state index in [2.05, 4.69) is 3.21 Å². The number of hydrogen-bond acceptors (Lipinski definition) is 3. The van der Waals surface area contributed by atoms with E-state index in [1.54, 1.807) is 24.3 Å². The highest BCUT2D eigenvalue weighted by Gasteiger charge is 2.31. The third kappa shape index (κ3) is 4.50. The van der Waals surface area contributed by atoms with Crippen LogP contribution in [0.25, 0.3) is 0 Å². The summed E-state index contributed by atoms with van der Waals surface area (Å²) in [5, 5.41) is 10.6. The molecule has 0 aromatic heterocycles. The largest absolute Gasteiger partial charge is 0.853 e. The first-order chi connectivity index (χ1) is 7.95. The van der Waals surface area contributed by atoms with Crippen molar-refractivity contribution in [1.82, 2.24) is 0 Å². The number of rotatable bonds is 4. The third-order valence-corrected chi connectivity index (χ3v) is 3.96. The minimum atomic E-state index is -4.88. The number of ether oxygens (including phenoxy) is 1. The molecular formula is C10H9F3INO2. The highest BCUT2D eigenvalue weighted by atomic mass is 127. The van der Waals surface area contributed by atoms with Gasteiger partial charge in [-0.3, -0.25) is 0 Å². The summed E-state index contributed by atoms with van der Waals surface area (Å²) >= 11 is -1.34. The van der Waals surface area contributed by atoms with Crippen LogP contribution in [0.4, 0.5) is 13.2 Å². The van der Waals surface area contributed by atoms with E-state index < -0.39 is 33.6 Å². The molecule has 0 aliphatic rings. The van der Waals surface area contributed by atoms with Crippen LogP contribution in [-0.4, -0.2) is 19.2 Å². The minimum absolute atomic E-state index is 0.297. The van der Waals surface area contributed by atoms with Crippen LogP contribution in [0.2, 0.25) is 0 Å². The molecule has 0 saturated carbocycles. The molecule has 0 unspecified atom stereocenters. The van der Waals surface area contributed by atoms with Crippen molar-refractivity contribution >= 4 is 5.90 Å². The van der Waals surface area contributed by atoms with Crippen LogP contribution in [0.3, 0.4) is 0 Å². The maximum atomic E-state index is 12.0. The lowest BCUT2D eigenvalue weighted by Gasteiger charge is -2.08. The molecule has 0 heterocycles. The third-order valence-electron chi connectivity index (χ3n) is 1.71. The Hall–Kier alpha value is -0.830. The Kier molecular flexibility index (Phi) is 5.19. The van der Waals surface area contributed by atoms with Crippen LogP contribution < -0.4 is 26.6 Å². The van der Waals surface area contributed by atoms with E-state index in [9.17, 15) is 18.3 Å². The molecule has 0 fully saturated rings. The Morgan fingerprint density at radius 3 is 2.65 bits per heavy atom. The summed E-state index contributed by atoms with van der Waals surface area (Å²) in [7, 11) is 1.49. The first-order valence-electron chi connectivity index (χ1n) is 4.48. The molecule has 0 amide bonds. The Balaban J connectivity index is 2.82. The van der Waals surface area contributed by atoms with E-state index in [0.29, 0.717) is 10.2 Å². The van der Waals surface area contributed by atoms with Crippen LogP contribution in [0.5, 0.6) is 0 Å². The first kappa shape index (κ1) is 14.2. The van der Waals surface area contributed by atoms with Crippen molar-refractivity contribution in [2.24, 2.45) is 3.21 Å². The molecule has 1 aromatic carbocycles. The lowest BCUT2D eigenvalue weighted by Crippen LogP contribution is -3.59. The maximum Gasteiger partial charge on any atom is 0.491 e. The Morgan fingerprint density at radius 1 is 1.41 bits per heavy atom. The van der Waals surface area contributed by atoms with E-state index in [-0.39, 0.29) is 0 Å². The van der Waals surface area contributed by atoms with Crippen molar-refractivity contribution in [3.05, 3.63) is 33.4 Å². The highest BCUT2D eigenvalue weighted by molar-refractivity contribution is 5.76. The molecular weight excluding hydrogens is 350 g/mol. The molecule has 1 rings (SSSR count). The summed E-state index contributed by atoms with van der Waals surface area (Å²) in [4.78, 5) is 0. The van der Waals surface area contributed by atoms with Crippen LogP contribution >= 0.6 is 0 Å². The van der Waals surface area contributed by atoms with Gasteiger partial charge in [0.05, 0.1) is 6.61 Å². The number of alkyl halides is 3. The van der Waals surface area contributed by atoms with Gasteiger partial charge in [-0.15, -0.1) is 0 Å². The fraction of sp³-hybridized carbons (Fsp3) is 0.300. The van der Waals surface area contributed by atoms with Gasteiger partial charge in [-0.25, -0.2) is 0 Å². The van der Waals surface area contributed by atoms with Gasteiger partial charge in [-0.2, -0.15) is 13.2 Å². The zero-order chi connectivity index (χ0) is 12.9. The SMILES string of the molecule is COCc1ccccc1[I+]/N=C(\[O-])C(F)(F)F. The number of nitrogens with zero attached hydrogens (tertiary/aromatic N) is 1. The van der Waals surface area contributed by atoms with Gasteiger partial charge < -0.3 is 9.84 Å². The molecule has 0 atom stereocenters. The predicted molar refractivity (Wildman–Crippen MR) is 49.3 cm³/mol. The van der Waals surface area contributed by atoms with Crippen LogP contribution in [0.1, 0.15) is 5.56 Å². The summed E-state index contributed by atoms with van der Waals surface area (Å²) in [6.45, 7) is 0.297. The molecule has 0 N–H and O–H groups in total. The molecule has 1 aromatic rings. The van der Waals surface area contributed by atoms with E-state index in [0.717, 1.165) is 5.56 Å². The van der Waals surface area contributed by atoms with Gasteiger partial charge in [-0.1, -0.05) is 18.2 Å². The quantitative estimate of drug-likeness (QED) is 0.367. The lowest BCUT2D eigenvalue weighted by atomic mass is 10.2. The summed E-state index contributed by atoms with van der Waals surface area (Å²) in [5.41, 5.74) is 0.765. The molecule has 0 bridgehead atoms. The standard InChI is InChI=1S/C10H9F3INO2/c1-17-6-7-4-2-3-5-8(7)14-15-9(16)10(11,12)13/h2-5H,6H2,1H3. The van der Waals surface area contributed by atoms with E-state index >= 15 is 0 Å². The van der Waals surface area contributed by atoms with Crippen molar-refractivity contribution in [2.75, 3.05) is 7.11 Å². The zero-order valence-electron chi connectivity index (χ0n) is 8.79. The highest BCUT2D eigenvalue weighted by Crippen LogP contribution is 2.12. The molecule has 0 radical (unpaired) electrons. The van der Waals surface area contributed by atoms with E-state index in [1.165, 1.54) is 7.11 Å². The van der Waals surface area contributed by atoms with Crippen LogP contribution in [0.15, 0.2) is 27.5 Å². The average Bonchev–Trinajstić information content (AvgIpc) is 2.26. The van der Waals surface area contributed by atoms with Crippen molar-refractivity contribution in [1.29, 1.82) is 0 Å². The Morgan fingerprint density at radius 2 is 2.06 bits per heavy atom. The van der Waals surface area contributed by atoms with Gasteiger partial charge in [0.2, 0.25) is 3.57 Å². The predicted octanol–water partition coefficient (Wildman–Crippen LogP) is -1.67. The van der Waals surface area contributed by atoms with Crippen molar-refractivity contribution < 1.29 is 44.5 Å². The smallest absolute Gasteiger partial charge is 0.491 e. The Labute approximate surface area is 107 Å². The second kappa shape index (κ2) is 6.20. The number of methoxy groups -OCH3 is 1. The second-order valence-corrected chi connectivity index (χ2v) is 5.12. The first-order valence-corrected chi connectivity index (χ1v) is 6.52. The van der Waals surface area contributed by atoms with Gasteiger partial charge in [0.15, 0.2) is 0 Å². The second-order valence-electron chi connectivity index (χ2n) is 3.00. The molecule has 0 spiro atoms. The van der Waals surface area contributed by atoms with E-state index in [1.807, 2.05) is 0 Å². The van der Waals surface area contributed by atoms with Crippen molar-refractivity contribution in [3.63, 3.8) is 0 Å². The van der Waals surface area contributed by atoms with Gasteiger partial charge in [0, 0.05) is 12.7 Å². The minimum Gasteiger partial charge on any atom is -0.853 e. The molecule has 7 heteroatoms. The number of benzene rings is 1. The summed E-state index contributed by atoms with van der Waals surface area (Å²) < 4.78 is 44.5. The maximum absolute atomic E-state index is 12.0. The molecule has 0 aliphatic heterocycles. The topological polar surface area (TPSA) is 44.6 Å². The normalized spacial score (nSPS) is 12.8. The fourth-order valence-electron chi connectivity index (χ4n) is 0.985. The van der Waals surface area contributed by atoms with Gasteiger partial charge >= 0.3 is 27.7 Å². The van der Waals surface area contributed by atoms with Crippen molar-refractivity contribution in [3.8, 4) is 0 Å². The fourth-order valence-corrected chi connectivity index (χ4v) is 2.75. The monoisotopic (exact) mass is 359 g/mol. The molecule has 0 saturated heterocycles. The summed E-state index contributed by atoms with van der Waals surface area (Å²) in [5.74, 6) is -2.02. The molecule has 0 aliphatic carbocycles. The Bertz CT molecular complexity index is 407. The van der Waals surface area contributed by atoms with Gasteiger partial charge in [-0.05, 0) is 9.27 Å². The van der Waals surface area contributed by atoms with Gasteiger partial charge in [0.1, 0.15) is 5.90 Å². The summed E-state index contributed by atoms with van der Waals surface area (Å²) in [6, 6.07) is 6.86. The van der Waals surface area contributed by atoms with Crippen LogP contribution in [0, 0.1) is 3.57 Å². The number of hydrogen-bond donors (Lipinski definition) is 0. The lowest BCUT2D eigenvalue weighted by molar-refractivity contribution is -0.638. The zero-order valence-corrected chi connectivity index (χ0v) is 10.9. The molecule has 3 nitrogen and oxygen atoms in total. The number of halogens is 4. The summed E-state index contributed by atoms with van der Waals surface area (Å²) in [6.07, 6.45) is -4.88. The average molecular weight is 359 g/mol. The molecule has 94 valence electrons. The van der Waals surface area contributed by atoms with Crippen LogP contribution in [-0.2, 0) is 11.3 Å². The van der Waals surface area contributed by atoms with E-state index in [4.69, 9.17) is 4.74 Å². The van der Waals surface area contributed by atoms with Gasteiger partial charge in [0.25, 0.3) is 0 Å².